The number of hydrogen-bond acceptors (Lipinski definition) is 6. The molecule has 2 aromatic heterocycles. The number of hydrazine groups is 1. The first-order valence-electron chi connectivity index (χ1n) is 8.88. The number of nitrogens with zero attached hydrogens (tertiary/aromatic N) is 1. The SMILES string of the molecule is O=C(CSc1nc2ccccc2o1)NNC(=O)c1cc2c(s1)CCCCC2. The van der Waals surface area contributed by atoms with Crippen molar-refractivity contribution in [2.45, 2.75) is 37.3 Å². The number of aryl methyl sites for hydroxylation is 2. The zero-order valence-electron chi connectivity index (χ0n) is 14.6. The van der Waals surface area contributed by atoms with Crippen LogP contribution in [0.3, 0.4) is 0 Å². The first-order valence-corrected chi connectivity index (χ1v) is 10.7. The van der Waals surface area contributed by atoms with Gasteiger partial charge in [-0.15, -0.1) is 11.3 Å². The molecule has 2 N–H and O–H groups in total. The molecule has 3 aromatic rings. The van der Waals surface area contributed by atoms with Crippen molar-refractivity contribution in [3.05, 3.63) is 45.6 Å². The Morgan fingerprint density at radius 3 is 2.89 bits per heavy atom. The van der Waals surface area contributed by atoms with Crippen molar-refractivity contribution in [3.8, 4) is 0 Å². The molecule has 0 fully saturated rings. The molecule has 0 spiro atoms. The zero-order valence-corrected chi connectivity index (χ0v) is 16.3. The lowest BCUT2D eigenvalue weighted by Crippen LogP contribution is -2.42. The van der Waals surface area contributed by atoms with Crippen molar-refractivity contribution in [3.63, 3.8) is 0 Å². The first kappa shape index (κ1) is 18.1. The van der Waals surface area contributed by atoms with Crippen LogP contribution in [-0.4, -0.2) is 22.6 Å². The average Bonchev–Trinajstić information content (AvgIpc) is 3.22. The Hall–Kier alpha value is -2.32. The van der Waals surface area contributed by atoms with Crippen LogP contribution < -0.4 is 10.9 Å². The van der Waals surface area contributed by atoms with E-state index in [0.29, 0.717) is 15.7 Å². The van der Waals surface area contributed by atoms with E-state index in [2.05, 4.69) is 15.8 Å². The smallest absolute Gasteiger partial charge is 0.279 e. The summed E-state index contributed by atoms with van der Waals surface area (Å²) < 4.78 is 5.56. The summed E-state index contributed by atoms with van der Waals surface area (Å²) in [6, 6.07) is 9.39. The highest BCUT2D eigenvalue weighted by molar-refractivity contribution is 7.99. The lowest BCUT2D eigenvalue weighted by Gasteiger charge is -2.05. The minimum atomic E-state index is -0.311. The maximum Gasteiger partial charge on any atom is 0.279 e. The number of oxazole rings is 1. The van der Waals surface area contributed by atoms with E-state index in [9.17, 15) is 9.59 Å². The molecule has 0 bridgehead atoms. The van der Waals surface area contributed by atoms with Gasteiger partial charge in [-0.3, -0.25) is 20.4 Å². The summed E-state index contributed by atoms with van der Waals surface area (Å²) in [5.41, 5.74) is 7.67. The van der Waals surface area contributed by atoms with Gasteiger partial charge < -0.3 is 4.42 Å². The molecule has 140 valence electrons. The van der Waals surface area contributed by atoms with Gasteiger partial charge in [-0.1, -0.05) is 30.3 Å². The lowest BCUT2D eigenvalue weighted by atomic mass is 10.1. The normalized spacial score (nSPS) is 13.8. The lowest BCUT2D eigenvalue weighted by molar-refractivity contribution is -0.119. The monoisotopic (exact) mass is 401 g/mol. The molecule has 2 amide bonds. The summed E-state index contributed by atoms with van der Waals surface area (Å²) in [4.78, 5) is 30.5. The van der Waals surface area contributed by atoms with E-state index in [1.165, 1.54) is 52.8 Å². The van der Waals surface area contributed by atoms with Gasteiger partial charge >= 0.3 is 0 Å². The van der Waals surface area contributed by atoms with E-state index in [1.54, 1.807) is 0 Å². The van der Waals surface area contributed by atoms with Crippen LogP contribution in [0.5, 0.6) is 0 Å². The third-order valence-electron chi connectivity index (χ3n) is 4.39. The maximum atomic E-state index is 12.3. The molecule has 0 saturated carbocycles. The summed E-state index contributed by atoms with van der Waals surface area (Å²) in [7, 11) is 0. The number of benzene rings is 1. The molecule has 0 saturated heterocycles. The zero-order chi connectivity index (χ0) is 18.6. The third kappa shape index (κ3) is 4.33. The van der Waals surface area contributed by atoms with Gasteiger partial charge in [-0.05, 0) is 49.4 Å². The summed E-state index contributed by atoms with van der Waals surface area (Å²) >= 11 is 2.72. The summed E-state index contributed by atoms with van der Waals surface area (Å²) in [6.07, 6.45) is 5.68. The van der Waals surface area contributed by atoms with Gasteiger partial charge in [0.25, 0.3) is 11.1 Å². The Morgan fingerprint density at radius 2 is 2.00 bits per heavy atom. The predicted molar refractivity (Wildman–Crippen MR) is 106 cm³/mol. The van der Waals surface area contributed by atoms with E-state index in [4.69, 9.17) is 4.42 Å². The van der Waals surface area contributed by atoms with Crippen LogP contribution in [0.4, 0.5) is 0 Å². The molecule has 1 aliphatic rings. The molecular weight excluding hydrogens is 382 g/mol. The van der Waals surface area contributed by atoms with E-state index >= 15 is 0 Å². The van der Waals surface area contributed by atoms with Crippen molar-refractivity contribution in [1.29, 1.82) is 0 Å². The molecule has 0 atom stereocenters. The fourth-order valence-electron chi connectivity index (χ4n) is 3.04. The van der Waals surface area contributed by atoms with Crippen molar-refractivity contribution in [1.82, 2.24) is 15.8 Å². The molecule has 0 aliphatic heterocycles. The minimum absolute atomic E-state index is 0.105. The van der Waals surface area contributed by atoms with Gasteiger partial charge in [-0.25, -0.2) is 4.98 Å². The topological polar surface area (TPSA) is 84.2 Å². The Morgan fingerprint density at radius 1 is 1.15 bits per heavy atom. The second-order valence-electron chi connectivity index (χ2n) is 6.36. The molecule has 6 nitrogen and oxygen atoms in total. The molecule has 1 aliphatic carbocycles. The van der Waals surface area contributed by atoms with E-state index in [1.807, 2.05) is 30.3 Å². The summed E-state index contributed by atoms with van der Waals surface area (Å²) in [5.74, 6) is -0.476. The number of thiophene rings is 1. The Balaban J connectivity index is 1.28. The molecule has 8 heteroatoms. The van der Waals surface area contributed by atoms with Crippen molar-refractivity contribution in [2.24, 2.45) is 0 Å². The van der Waals surface area contributed by atoms with Gasteiger partial charge in [0, 0.05) is 4.88 Å². The van der Waals surface area contributed by atoms with Crippen LogP contribution in [-0.2, 0) is 17.6 Å². The first-order chi connectivity index (χ1) is 13.2. The number of carbonyl (C=O) groups is 2. The Labute approximate surface area is 164 Å². The maximum absolute atomic E-state index is 12.3. The van der Waals surface area contributed by atoms with Gasteiger partial charge in [0.2, 0.25) is 5.91 Å². The number of carbonyl (C=O) groups excluding carboxylic acids is 2. The minimum Gasteiger partial charge on any atom is -0.431 e. The van der Waals surface area contributed by atoms with Crippen LogP contribution in [0.25, 0.3) is 11.1 Å². The highest BCUT2D eigenvalue weighted by atomic mass is 32.2. The molecule has 2 heterocycles. The highest BCUT2D eigenvalue weighted by Crippen LogP contribution is 2.29. The number of hydrogen-bond donors (Lipinski definition) is 2. The quantitative estimate of drug-likeness (QED) is 0.395. The van der Waals surface area contributed by atoms with Crippen LogP contribution >= 0.6 is 23.1 Å². The van der Waals surface area contributed by atoms with E-state index in [0.717, 1.165) is 18.4 Å². The molecule has 0 unspecified atom stereocenters. The molecular formula is C19H19N3O3S2. The number of thioether (sulfide) groups is 1. The van der Waals surface area contributed by atoms with E-state index < -0.39 is 0 Å². The van der Waals surface area contributed by atoms with Crippen LogP contribution in [0, 0.1) is 0 Å². The second kappa shape index (κ2) is 8.14. The third-order valence-corrected chi connectivity index (χ3v) is 6.45. The van der Waals surface area contributed by atoms with Gasteiger partial charge in [0.15, 0.2) is 5.58 Å². The van der Waals surface area contributed by atoms with Crippen LogP contribution in [0.1, 0.15) is 39.4 Å². The standard InChI is InChI=1S/C19H19N3O3S2/c23-17(11-26-19-20-13-7-4-5-8-14(13)25-19)21-22-18(24)16-10-12-6-2-1-3-9-15(12)27-16/h4-5,7-8,10H,1-3,6,9,11H2,(H,21,23)(H,22,24). The number of aromatic nitrogens is 1. The highest BCUT2D eigenvalue weighted by Gasteiger charge is 2.17. The van der Waals surface area contributed by atoms with Gasteiger partial charge in [0.1, 0.15) is 5.52 Å². The Bertz CT molecular complexity index is 923. The van der Waals surface area contributed by atoms with E-state index in [-0.39, 0.29) is 17.6 Å². The number of amides is 2. The largest absolute Gasteiger partial charge is 0.431 e. The van der Waals surface area contributed by atoms with Gasteiger partial charge in [-0.2, -0.15) is 0 Å². The molecule has 1 aromatic carbocycles. The Kier molecular flexibility index (Phi) is 5.45. The number of fused-ring (bicyclic) bond motifs is 2. The summed E-state index contributed by atoms with van der Waals surface area (Å²) in [6.45, 7) is 0. The summed E-state index contributed by atoms with van der Waals surface area (Å²) in [5, 5.41) is 0.430. The molecule has 0 radical (unpaired) electrons. The average molecular weight is 402 g/mol. The molecule has 27 heavy (non-hydrogen) atoms. The van der Waals surface area contributed by atoms with Crippen molar-refractivity contribution >= 4 is 46.0 Å². The van der Waals surface area contributed by atoms with Crippen LogP contribution in [0.15, 0.2) is 40.0 Å². The number of rotatable bonds is 4. The fourth-order valence-corrected chi connectivity index (χ4v) is 4.83. The molecule has 4 rings (SSSR count). The second-order valence-corrected chi connectivity index (χ2v) is 8.42. The van der Waals surface area contributed by atoms with Crippen molar-refractivity contribution < 1.29 is 14.0 Å². The number of para-hydroxylation sites is 2. The van der Waals surface area contributed by atoms with Crippen molar-refractivity contribution in [2.75, 3.05) is 5.75 Å². The van der Waals surface area contributed by atoms with Crippen LogP contribution in [0.2, 0.25) is 0 Å². The van der Waals surface area contributed by atoms with Gasteiger partial charge in [0.05, 0.1) is 10.6 Å². The predicted octanol–water partition coefficient (Wildman–Crippen LogP) is 3.71. The number of nitrogens with one attached hydrogen (secondary N) is 2. The fraction of sp³-hybridized carbons (Fsp3) is 0.316.